The minimum absolute atomic E-state index is 0.123. The first-order valence-corrected chi connectivity index (χ1v) is 6.56. The summed E-state index contributed by atoms with van der Waals surface area (Å²) >= 11 is 3.24. The molecule has 1 amide bonds. The van der Waals surface area contributed by atoms with E-state index in [0.717, 1.165) is 19.3 Å². The highest BCUT2D eigenvalue weighted by atomic mass is 79.9. The zero-order valence-corrected chi connectivity index (χ0v) is 11.8. The second-order valence-corrected chi connectivity index (χ2v) is 4.97. The minimum Gasteiger partial charge on any atom is -0.342 e. The molecule has 0 aliphatic heterocycles. The number of hydrogen-bond acceptors (Lipinski definition) is 1. The molecule has 0 spiro atoms. The van der Waals surface area contributed by atoms with Gasteiger partial charge < -0.3 is 4.90 Å². The van der Waals surface area contributed by atoms with E-state index in [-0.39, 0.29) is 11.5 Å². The molecular weight excluding hydrogens is 285 g/mol. The molecule has 2 nitrogen and oxygen atoms in total. The molecule has 0 unspecified atom stereocenters. The molecule has 4 heteroatoms. The van der Waals surface area contributed by atoms with E-state index in [2.05, 4.69) is 22.9 Å². The Labute approximate surface area is 110 Å². The largest absolute Gasteiger partial charge is 0.342 e. The van der Waals surface area contributed by atoms with Gasteiger partial charge in [0.15, 0.2) is 0 Å². The summed E-state index contributed by atoms with van der Waals surface area (Å²) < 4.78 is 14.2. The normalized spacial score (nSPS) is 10.4. The van der Waals surface area contributed by atoms with Crippen LogP contribution in [0.1, 0.15) is 36.5 Å². The van der Waals surface area contributed by atoms with Crippen LogP contribution in [0.25, 0.3) is 0 Å². The third kappa shape index (κ3) is 4.11. The second-order valence-electron chi connectivity index (χ2n) is 4.06. The molecule has 1 aromatic rings. The van der Waals surface area contributed by atoms with Crippen LogP contribution in [0.3, 0.4) is 0 Å². The molecule has 0 saturated carbocycles. The van der Waals surface area contributed by atoms with Crippen molar-refractivity contribution < 1.29 is 9.18 Å². The van der Waals surface area contributed by atoms with Crippen molar-refractivity contribution in [1.82, 2.24) is 4.90 Å². The van der Waals surface area contributed by atoms with Gasteiger partial charge >= 0.3 is 0 Å². The Bertz CT molecular complexity index is 395. The van der Waals surface area contributed by atoms with Crippen LogP contribution < -0.4 is 0 Å². The highest BCUT2D eigenvalue weighted by Gasteiger charge is 2.15. The van der Waals surface area contributed by atoms with Gasteiger partial charge in [-0.05, 0) is 24.6 Å². The van der Waals surface area contributed by atoms with E-state index < -0.39 is 5.82 Å². The number of benzene rings is 1. The van der Waals surface area contributed by atoms with Crippen molar-refractivity contribution in [3.63, 3.8) is 0 Å². The Hall–Kier alpha value is -0.900. The van der Waals surface area contributed by atoms with Crippen molar-refractivity contribution in [3.05, 3.63) is 34.1 Å². The SMILES string of the molecule is CCCCCN(C)C(=O)c1cc(Br)ccc1F. The third-order valence-corrected chi connectivity index (χ3v) is 3.10. The first kappa shape index (κ1) is 14.2. The maximum absolute atomic E-state index is 13.5. The van der Waals surface area contributed by atoms with Gasteiger partial charge in [0, 0.05) is 18.1 Å². The van der Waals surface area contributed by atoms with Crippen LogP contribution in [0.5, 0.6) is 0 Å². The monoisotopic (exact) mass is 301 g/mol. The van der Waals surface area contributed by atoms with Crippen molar-refractivity contribution in [3.8, 4) is 0 Å². The van der Waals surface area contributed by atoms with Gasteiger partial charge in [-0.3, -0.25) is 4.79 Å². The lowest BCUT2D eigenvalue weighted by atomic mass is 10.1. The third-order valence-electron chi connectivity index (χ3n) is 2.60. The summed E-state index contributed by atoms with van der Waals surface area (Å²) in [5, 5.41) is 0. The van der Waals surface area contributed by atoms with E-state index in [9.17, 15) is 9.18 Å². The molecule has 0 heterocycles. The number of hydrogen-bond donors (Lipinski definition) is 0. The Morgan fingerprint density at radius 2 is 2.12 bits per heavy atom. The second kappa shape index (κ2) is 6.74. The first-order chi connectivity index (χ1) is 8.06. The minimum atomic E-state index is -0.472. The molecule has 0 atom stereocenters. The predicted octanol–water partition coefficient (Wildman–Crippen LogP) is 3.85. The summed E-state index contributed by atoms with van der Waals surface area (Å²) in [5.74, 6) is -0.736. The predicted molar refractivity (Wildman–Crippen MR) is 70.6 cm³/mol. The van der Waals surface area contributed by atoms with Gasteiger partial charge in [0.1, 0.15) is 5.82 Å². The average molecular weight is 302 g/mol. The summed E-state index contributed by atoms with van der Waals surface area (Å²) in [6, 6.07) is 4.41. The molecule has 0 saturated heterocycles. The van der Waals surface area contributed by atoms with Gasteiger partial charge in [0.2, 0.25) is 0 Å². The Morgan fingerprint density at radius 1 is 1.41 bits per heavy atom. The molecule has 0 aromatic heterocycles. The lowest BCUT2D eigenvalue weighted by molar-refractivity contribution is 0.0788. The molecule has 0 aliphatic carbocycles. The maximum atomic E-state index is 13.5. The quantitative estimate of drug-likeness (QED) is 0.757. The van der Waals surface area contributed by atoms with Crippen LogP contribution in [-0.4, -0.2) is 24.4 Å². The van der Waals surface area contributed by atoms with Crippen LogP contribution >= 0.6 is 15.9 Å². The number of nitrogens with zero attached hydrogens (tertiary/aromatic N) is 1. The molecule has 0 fully saturated rings. The number of amides is 1. The molecule has 1 rings (SSSR count). The molecule has 94 valence electrons. The summed E-state index contributed by atoms with van der Waals surface area (Å²) in [4.78, 5) is 13.5. The molecule has 17 heavy (non-hydrogen) atoms. The zero-order chi connectivity index (χ0) is 12.8. The van der Waals surface area contributed by atoms with Gasteiger partial charge in [0.25, 0.3) is 5.91 Å². The van der Waals surface area contributed by atoms with E-state index >= 15 is 0 Å². The standard InChI is InChI=1S/C13H17BrFNO/c1-3-4-5-8-16(2)13(17)11-9-10(14)6-7-12(11)15/h6-7,9H,3-5,8H2,1-2H3. The number of rotatable bonds is 5. The van der Waals surface area contributed by atoms with E-state index in [1.54, 1.807) is 18.0 Å². The molecular formula is C13H17BrFNO. The highest BCUT2D eigenvalue weighted by molar-refractivity contribution is 9.10. The Balaban J connectivity index is 2.71. The molecule has 0 bridgehead atoms. The number of carbonyl (C=O) groups is 1. The molecule has 0 N–H and O–H groups in total. The lowest BCUT2D eigenvalue weighted by Crippen LogP contribution is -2.28. The van der Waals surface area contributed by atoms with Crippen LogP contribution in [-0.2, 0) is 0 Å². The zero-order valence-electron chi connectivity index (χ0n) is 10.2. The van der Waals surface area contributed by atoms with Crippen molar-refractivity contribution >= 4 is 21.8 Å². The van der Waals surface area contributed by atoms with Crippen molar-refractivity contribution in [1.29, 1.82) is 0 Å². The van der Waals surface area contributed by atoms with Crippen LogP contribution in [0, 0.1) is 5.82 Å². The van der Waals surface area contributed by atoms with Crippen molar-refractivity contribution in [2.24, 2.45) is 0 Å². The topological polar surface area (TPSA) is 20.3 Å². The van der Waals surface area contributed by atoms with Crippen LogP contribution in [0.2, 0.25) is 0 Å². The van der Waals surface area contributed by atoms with Crippen molar-refractivity contribution in [2.75, 3.05) is 13.6 Å². The lowest BCUT2D eigenvalue weighted by Gasteiger charge is -2.17. The van der Waals surface area contributed by atoms with Gasteiger partial charge in [-0.15, -0.1) is 0 Å². The van der Waals surface area contributed by atoms with Gasteiger partial charge in [-0.25, -0.2) is 4.39 Å². The van der Waals surface area contributed by atoms with Crippen LogP contribution in [0.15, 0.2) is 22.7 Å². The van der Waals surface area contributed by atoms with E-state index in [4.69, 9.17) is 0 Å². The summed E-state index contributed by atoms with van der Waals surface area (Å²) in [7, 11) is 1.71. The number of halogens is 2. The summed E-state index contributed by atoms with van der Waals surface area (Å²) in [6.45, 7) is 2.77. The fraction of sp³-hybridized carbons (Fsp3) is 0.462. The molecule has 0 aliphatic rings. The maximum Gasteiger partial charge on any atom is 0.256 e. The van der Waals surface area contributed by atoms with E-state index in [0.29, 0.717) is 11.0 Å². The van der Waals surface area contributed by atoms with E-state index in [1.807, 2.05) is 0 Å². The van der Waals surface area contributed by atoms with E-state index in [1.165, 1.54) is 12.1 Å². The fourth-order valence-corrected chi connectivity index (χ4v) is 1.93. The smallest absolute Gasteiger partial charge is 0.256 e. The summed E-state index contributed by atoms with van der Waals surface area (Å²) in [6.07, 6.45) is 3.14. The van der Waals surface area contributed by atoms with Gasteiger partial charge in [-0.1, -0.05) is 35.7 Å². The van der Waals surface area contributed by atoms with Gasteiger partial charge in [-0.2, -0.15) is 0 Å². The Kier molecular flexibility index (Phi) is 5.62. The first-order valence-electron chi connectivity index (χ1n) is 5.76. The average Bonchev–Trinajstić information content (AvgIpc) is 2.31. The molecule has 1 aromatic carbocycles. The fourth-order valence-electron chi connectivity index (χ4n) is 1.57. The number of unbranched alkanes of at least 4 members (excludes halogenated alkanes) is 2. The summed E-state index contributed by atoms with van der Waals surface area (Å²) in [5.41, 5.74) is 0.123. The van der Waals surface area contributed by atoms with Gasteiger partial charge in [0.05, 0.1) is 5.56 Å². The highest BCUT2D eigenvalue weighted by Crippen LogP contribution is 2.17. The van der Waals surface area contributed by atoms with Crippen LogP contribution in [0.4, 0.5) is 4.39 Å². The van der Waals surface area contributed by atoms with Crippen molar-refractivity contribution in [2.45, 2.75) is 26.2 Å². The Morgan fingerprint density at radius 3 is 2.76 bits per heavy atom. The molecule has 0 radical (unpaired) electrons. The number of carbonyl (C=O) groups excluding carboxylic acids is 1.